The third-order valence-corrected chi connectivity index (χ3v) is 6.11. The summed E-state index contributed by atoms with van der Waals surface area (Å²) in [6.07, 6.45) is 2.59. The van der Waals surface area contributed by atoms with Crippen LogP contribution in [0.15, 0.2) is 48.5 Å². The molecule has 2 aliphatic heterocycles. The molecule has 27 heavy (non-hydrogen) atoms. The van der Waals surface area contributed by atoms with Gasteiger partial charge in [0.05, 0.1) is 0 Å². The Hall–Kier alpha value is -2.04. The van der Waals surface area contributed by atoms with Crippen LogP contribution >= 0.6 is 0 Å². The largest absolute Gasteiger partial charge is 0.508 e. The van der Waals surface area contributed by atoms with Crippen LogP contribution in [0.3, 0.4) is 0 Å². The minimum absolute atomic E-state index is 0.349. The summed E-state index contributed by atoms with van der Waals surface area (Å²) in [7, 11) is 0. The lowest BCUT2D eigenvalue weighted by Crippen LogP contribution is -2.55. The maximum Gasteiger partial charge on any atom is 0.115 e. The van der Waals surface area contributed by atoms with Crippen molar-refractivity contribution >= 4 is 5.69 Å². The molecule has 144 valence electrons. The lowest BCUT2D eigenvalue weighted by molar-refractivity contribution is 0.0887. The van der Waals surface area contributed by atoms with Crippen LogP contribution < -0.4 is 4.90 Å². The van der Waals surface area contributed by atoms with Crippen LogP contribution in [-0.2, 0) is 6.54 Å². The molecule has 0 aromatic heterocycles. The molecule has 0 spiro atoms. The number of phenols is 1. The van der Waals surface area contributed by atoms with Crippen LogP contribution in [0.5, 0.6) is 5.75 Å². The van der Waals surface area contributed by atoms with E-state index in [-0.39, 0.29) is 0 Å². The van der Waals surface area contributed by atoms with E-state index in [2.05, 4.69) is 45.9 Å². The van der Waals surface area contributed by atoms with Gasteiger partial charge in [-0.1, -0.05) is 30.3 Å². The molecule has 2 aromatic rings. The molecule has 1 unspecified atom stereocenters. The summed E-state index contributed by atoms with van der Waals surface area (Å²) in [6.45, 7) is 10.1. The lowest BCUT2D eigenvalue weighted by Gasteiger charge is -2.44. The van der Waals surface area contributed by atoms with Crippen LogP contribution in [0, 0.1) is 6.92 Å². The number of likely N-dealkylation sites (tertiary alicyclic amines) is 1. The second-order valence-corrected chi connectivity index (χ2v) is 8.01. The molecule has 0 saturated carbocycles. The van der Waals surface area contributed by atoms with Gasteiger partial charge in [-0.25, -0.2) is 0 Å². The Bertz CT molecular complexity index is 738. The molecular weight excluding hydrogens is 334 g/mol. The Morgan fingerprint density at radius 3 is 2.41 bits per heavy atom. The maximum absolute atomic E-state index is 9.47. The highest BCUT2D eigenvalue weighted by Crippen LogP contribution is 2.24. The zero-order chi connectivity index (χ0) is 18.6. The first-order valence-corrected chi connectivity index (χ1v) is 10.2. The van der Waals surface area contributed by atoms with Gasteiger partial charge in [0.15, 0.2) is 0 Å². The number of aromatic hydroxyl groups is 1. The Morgan fingerprint density at radius 1 is 0.926 bits per heavy atom. The molecule has 1 atom stereocenters. The molecule has 1 N–H and O–H groups in total. The van der Waals surface area contributed by atoms with E-state index in [1.165, 1.54) is 36.2 Å². The SMILES string of the molecule is Cc1ccccc1N1CCN(C2CCCN(Cc3ccc(O)cc3)C2)CC1. The standard InChI is InChI=1S/C23H31N3O/c1-19-5-2-3-7-23(19)26-15-13-25(14-16-26)21-6-4-12-24(18-21)17-20-8-10-22(27)11-9-20/h2-3,5,7-11,21,27H,4,6,12-18H2,1H3. The van der Waals surface area contributed by atoms with Crippen molar-refractivity contribution < 1.29 is 5.11 Å². The van der Waals surface area contributed by atoms with Crippen LogP contribution in [0.4, 0.5) is 5.69 Å². The molecule has 2 heterocycles. The molecule has 0 aliphatic carbocycles. The number of aryl methyl sites for hydroxylation is 1. The van der Waals surface area contributed by atoms with Crippen LogP contribution in [-0.4, -0.2) is 60.2 Å². The van der Waals surface area contributed by atoms with Crippen molar-refractivity contribution in [2.24, 2.45) is 0 Å². The number of para-hydroxylation sites is 1. The topological polar surface area (TPSA) is 30.0 Å². The van der Waals surface area contributed by atoms with Crippen molar-refractivity contribution in [3.63, 3.8) is 0 Å². The molecule has 0 amide bonds. The van der Waals surface area contributed by atoms with Crippen molar-refractivity contribution in [1.82, 2.24) is 9.80 Å². The lowest BCUT2D eigenvalue weighted by atomic mass is 10.0. The van der Waals surface area contributed by atoms with Crippen molar-refractivity contribution in [2.75, 3.05) is 44.2 Å². The molecule has 2 fully saturated rings. The monoisotopic (exact) mass is 365 g/mol. The number of piperidine rings is 1. The molecule has 0 bridgehead atoms. The fraction of sp³-hybridized carbons (Fsp3) is 0.478. The average Bonchev–Trinajstić information content (AvgIpc) is 2.71. The molecule has 4 heteroatoms. The van der Waals surface area contributed by atoms with Gasteiger partial charge in [0.25, 0.3) is 0 Å². The summed E-state index contributed by atoms with van der Waals surface area (Å²) in [5, 5.41) is 9.47. The third kappa shape index (κ3) is 4.45. The number of benzene rings is 2. The minimum atomic E-state index is 0.349. The highest BCUT2D eigenvalue weighted by atomic mass is 16.3. The molecule has 2 saturated heterocycles. The van der Waals surface area contributed by atoms with Gasteiger partial charge in [0, 0.05) is 51.0 Å². The Labute approximate surface area is 163 Å². The van der Waals surface area contributed by atoms with E-state index in [1.807, 2.05) is 12.1 Å². The molecule has 0 radical (unpaired) electrons. The highest BCUT2D eigenvalue weighted by Gasteiger charge is 2.28. The summed E-state index contributed by atoms with van der Waals surface area (Å²) in [6, 6.07) is 17.1. The van der Waals surface area contributed by atoms with Crippen molar-refractivity contribution in [3.8, 4) is 5.75 Å². The van der Waals surface area contributed by atoms with Gasteiger partial charge in [-0.15, -0.1) is 0 Å². The summed E-state index contributed by atoms with van der Waals surface area (Å²) >= 11 is 0. The smallest absolute Gasteiger partial charge is 0.115 e. The molecular formula is C23H31N3O. The first-order valence-electron chi connectivity index (χ1n) is 10.2. The van der Waals surface area contributed by atoms with Crippen molar-refractivity contribution in [1.29, 1.82) is 0 Å². The van der Waals surface area contributed by atoms with Crippen molar-refractivity contribution in [2.45, 2.75) is 32.4 Å². The number of rotatable bonds is 4. The molecule has 4 nitrogen and oxygen atoms in total. The van der Waals surface area contributed by atoms with E-state index < -0.39 is 0 Å². The minimum Gasteiger partial charge on any atom is -0.508 e. The first kappa shape index (κ1) is 18.3. The Balaban J connectivity index is 1.31. The highest BCUT2D eigenvalue weighted by molar-refractivity contribution is 5.53. The first-order chi connectivity index (χ1) is 13.2. The Morgan fingerprint density at radius 2 is 1.67 bits per heavy atom. The van der Waals surface area contributed by atoms with E-state index in [9.17, 15) is 5.11 Å². The fourth-order valence-electron chi connectivity index (χ4n) is 4.58. The number of hydrogen-bond acceptors (Lipinski definition) is 4. The van der Waals surface area contributed by atoms with Gasteiger partial charge in [-0.2, -0.15) is 0 Å². The maximum atomic E-state index is 9.47. The number of phenolic OH excluding ortho intramolecular Hbond substituents is 1. The van der Waals surface area contributed by atoms with E-state index in [0.29, 0.717) is 11.8 Å². The van der Waals surface area contributed by atoms with Crippen LogP contribution in [0.1, 0.15) is 24.0 Å². The second-order valence-electron chi connectivity index (χ2n) is 8.01. The summed E-state index contributed by atoms with van der Waals surface area (Å²) < 4.78 is 0. The molecule has 2 aliphatic rings. The van der Waals surface area contributed by atoms with Gasteiger partial charge in [0.2, 0.25) is 0 Å². The second kappa shape index (κ2) is 8.32. The number of hydrogen-bond donors (Lipinski definition) is 1. The normalized spacial score (nSPS) is 22.1. The van der Waals surface area contributed by atoms with Gasteiger partial charge >= 0.3 is 0 Å². The van der Waals surface area contributed by atoms with Crippen LogP contribution in [0.25, 0.3) is 0 Å². The van der Waals surface area contributed by atoms with E-state index in [1.54, 1.807) is 12.1 Å². The van der Waals surface area contributed by atoms with E-state index in [4.69, 9.17) is 0 Å². The van der Waals surface area contributed by atoms with Gasteiger partial charge < -0.3 is 10.0 Å². The number of nitrogens with zero attached hydrogens (tertiary/aromatic N) is 3. The predicted octanol–water partition coefficient (Wildman–Crippen LogP) is 3.49. The summed E-state index contributed by atoms with van der Waals surface area (Å²) in [5.41, 5.74) is 4.07. The fourth-order valence-corrected chi connectivity index (χ4v) is 4.58. The molecule has 4 rings (SSSR count). The van der Waals surface area contributed by atoms with Crippen molar-refractivity contribution in [3.05, 3.63) is 59.7 Å². The Kier molecular flexibility index (Phi) is 5.65. The van der Waals surface area contributed by atoms with Gasteiger partial charge in [-0.05, 0) is 55.6 Å². The van der Waals surface area contributed by atoms with Gasteiger partial charge in [-0.3, -0.25) is 9.80 Å². The number of anilines is 1. The van der Waals surface area contributed by atoms with Gasteiger partial charge in [0.1, 0.15) is 5.75 Å². The van der Waals surface area contributed by atoms with E-state index in [0.717, 1.165) is 39.3 Å². The van der Waals surface area contributed by atoms with Crippen LogP contribution in [0.2, 0.25) is 0 Å². The third-order valence-electron chi connectivity index (χ3n) is 6.11. The zero-order valence-corrected chi connectivity index (χ0v) is 16.3. The summed E-state index contributed by atoms with van der Waals surface area (Å²) in [4.78, 5) is 7.83. The zero-order valence-electron chi connectivity index (χ0n) is 16.3. The predicted molar refractivity (Wildman–Crippen MR) is 111 cm³/mol. The summed E-state index contributed by atoms with van der Waals surface area (Å²) in [5.74, 6) is 0.349. The quantitative estimate of drug-likeness (QED) is 0.898. The average molecular weight is 366 g/mol. The molecule has 2 aromatic carbocycles. The number of piperazine rings is 1. The van der Waals surface area contributed by atoms with E-state index >= 15 is 0 Å².